The van der Waals surface area contributed by atoms with E-state index < -0.39 is 20.2 Å². The second kappa shape index (κ2) is 7.17. The van der Waals surface area contributed by atoms with Crippen LogP contribution in [0.25, 0.3) is 0 Å². The standard InChI is InChI=1S/C11H25N3O4S2/c1-4-5-10-19(15,16)12-11-6-8-14(9-7-11)20(17,18)13(2)3/h11-12H,4-10H2,1-3H3. The molecule has 0 aliphatic carbocycles. The highest BCUT2D eigenvalue weighted by Crippen LogP contribution is 2.16. The van der Waals surface area contributed by atoms with Crippen LogP contribution in [0.5, 0.6) is 0 Å². The van der Waals surface area contributed by atoms with Gasteiger partial charge >= 0.3 is 0 Å². The summed E-state index contributed by atoms with van der Waals surface area (Å²) >= 11 is 0. The summed E-state index contributed by atoms with van der Waals surface area (Å²) in [7, 11) is -3.64. The molecule has 0 atom stereocenters. The Kier molecular flexibility index (Phi) is 6.39. The summed E-state index contributed by atoms with van der Waals surface area (Å²) in [5, 5.41) is 0. The number of nitrogens with one attached hydrogen (secondary N) is 1. The molecule has 0 aromatic heterocycles. The molecule has 0 spiro atoms. The van der Waals surface area contributed by atoms with Gasteiger partial charge in [-0.25, -0.2) is 13.1 Å². The lowest BCUT2D eigenvalue weighted by atomic mass is 10.1. The second-order valence-corrected chi connectivity index (χ2v) is 9.27. The first-order valence-electron chi connectivity index (χ1n) is 6.86. The maximum atomic E-state index is 11.9. The molecule has 0 unspecified atom stereocenters. The maximum Gasteiger partial charge on any atom is 0.281 e. The van der Waals surface area contributed by atoms with Gasteiger partial charge in [-0.3, -0.25) is 0 Å². The Morgan fingerprint density at radius 2 is 1.70 bits per heavy atom. The van der Waals surface area contributed by atoms with Gasteiger partial charge in [0.1, 0.15) is 0 Å². The van der Waals surface area contributed by atoms with Crippen molar-refractivity contribution in [3.63, 3.8) is 0 Å². The fraction of sp³-hybridized carbons (Fsp3) is 1.00. The van der Waals surface area contributed by atoms with Gasteiger partial charge in [0.05, 0.1) is 5.75 Å². The van der Waals surface area contributed by atoms with Crippen molar-refractivity contribution >= 4 is 20.2 Å². The molecule has 0 amide bonds. The van der Waals surface area contributed by atoms with Crippen molar-refractivity contribution in [2.45, 2.75) is 38.6 Å². The predicted molar refractivity (Wildman–Crippen MR) is 79.0 cm³/mol. The number of piperidine rings is 1. The van der Waals surface area contributed by atoms with Gasteiger partial charge in [-0.15, -0.1) is 0 Å². The molecule has 20 heavy (non-hydrogen) atoms. The molecular formula is C11H25N3O4S2. The summed E-state index contributed by atoms with van der Waals surface area (Å²) in [6.45, 7) is 2.64. The number of nitrogens with zero attached hydrogens (tertiary/aromatic N) is 2. The van der Waals surface area contributed by atoms with E-state index >= 15 is 0 Å². The second-order valence-electron chi connectivity index (χ2n) is 5.25. The van der Waals surface area contributed by atoms with Gasteiger partial charge in [0.25, 0.3) is 10.2 Å². The Hall–Kier alpha value is -0.220. The van der Waals surface area contributed by atoms with Crippen LogP contribution in [0.15, 0.2) is 0 Å². The van der Waals surface area contributed by atoms with Crippen LogP contribution in [0.2, 0.25) is 0 Å². The van der Waals surface area contributed by atoms with Gasteiger partial charge in [-0.1, -0.05) is 13.3 Å². The van der Waals surface area contributed by atoms with Crippen LogP contribution in [0.4, 0.5) is 0 Å². The van der Waals surface area contributed by atoms with Gasteiger partial charge in [0, 0.05) is 33.2 Å². The molecule has 0 bridgehead atoms. The van der Waals surface area contributed by atoms with Crippen molar-refractivity contribution < 1.29 is 16.8 Å². The van der Waals surface area contributed by atoms with E-state index in [0.717, 1.165) is 6.42 Å². The lowest BCUT2D eigenvalue weighted by molar-refractivity contribution is 0.293. The minimum Gasteiger partial charge on any atom is -0.212 e. The van der Waals surface area contributed by atoms with Crippen LogP contribution in [-0.4, -0.2) is 64.4 Å². The Labute approximate surface area is 122 Å². The van der Waals surface area contributed by atoms with E-state index in [4.69, 9.17) is 0 Å². The van der Waals surface area contributed by atoms with Crippen molar-refractivity contribution in [3.8, 4) is 0 Å². The molecular weight excluding hydrogens is 302 g/mol. The summed E-state index contributed by atoms with van der Waals surface area (Å²) < 4.78 is 52.7. The number of rotatable bonds is 7. The zero-order valence-electron chi connectivity index (χ0n) is 12.4. The zero-order chi connectivity index (χ0) is 15.4. The highest BCUT2D eigenvalue weighted by molar-refractivity contribution is 7.89. The third-order valence-electron chi connectivity index (χ3n) is 3.35. The molecule has 1 aliphatic heterocycles. The van der Waals surface area contributed by atoms with Gasteiger partial charge in [0.2, 0.25) is 10.0 Å². The van der Waals surface area contributed by atoms with Gasteiger partial charge in [0.15, 0.2) is 0 Å². The van der Waals surface area contributed by atoms with Crippen LogP contribution in [0, 0.1) is 0 Å². The third kappa shape index (κ3) is 4.96. The van der Waals surface area contributed by atoms with Crippen molar-refractivity contribution in [1.29, 1.82) is 0 Å². The molecule has 0 aromatic rings. The van der Waals surface area contributed by atoms with Crippen LogP contribution in [0.3, 0.4) is 0 Å². The molecule has 120 valence electrons. The van der Waals surface area contributed by atoms with Crippen molar-refractivity contribution in [2.75, 3.05) is 32.9 Å². The van der Waals surface area contributed by atoms with E-state index in [2.05, 4.69) is 4.72 Å². The molecule has 9 heteroatoms. The summed E-state index contributed by atoms with van der Waals surface area (Å²) in [4.78, 5) is 0. The highest BCUT2D eigenvalue weighted by atomic mass is 32.2. The minimum absolute atomic E-state index is 0.139. The molecule has 1 aliphatic rings. The number of hydrogen-bond donors (Lipinski definition) is 1. The SMILES string of the molecule is CCCCS(=O)(=O)NC1CCN(S(=O)(=O)N(C)C)CC1. The average molecular weight is 327 g/mol. The minimum atomic E-state index is -3.39. The Morgan fingerprint density at radius 1 is 1.15 bits per heavy atom. The van der Waals surface area contributed by atoms with E-state index in [0.29, 0.717) is 32.4 Å². The van der Waals surface area contributed by atoms with Crippen LogP contribution >= 0.6 is 0 Å². The largest absolute Gasteiger partial charge is 0.281 e. The fourth-order valence-corrected chi connectivity index (χ4v) is 4.75. The monoisotopic (exact) mass is 327 g/mol. The molecule has 0 aromatic carbocycles. The topological polar surface area (TPSA) is 86.8 Å². The highest BCUT2D eigenvalue weighted by Gasteiger charge is 2.30. The maximum absolute atomic E-state index is 11.9. The number of sulfonamides is 1. The molecule has 0 radical (unpaired) electrons. The first kappa shape index (κ1) is 17.8. The first-order chi connectivity index (χ1) is 9.19. The van der Waals surface area contributed by atoms with Crippen LogP contribution < -0.4 is 4.72 Å². The molecule has 1 rings (SSSR count). The summed E-state index contributed by atoms with van der Waals surface area (Å²) in [5.41, 5.74) is 0. The first-order valence-corrected chi connectivity index (χ1v) is 9.91. The molecule has 1 N–H and O–H groups in total. The summed E-state index contributed by atoms with van der Waals surface area (Å²) in [6, 6.07) is -0.162. The Bertz CT molecular complexity index is 494. The lowest BCUT2D eigenvalue weighted by Crippen LogP contribution is -2.49. The van der Waals surface area contributed by atoms with Gasteiger partial charge < -0.3 is 0 Å². The predicted octanol–water partition coefficient (Wildman–Crippen LogP) is -0.0233. The van der Waals surface area contributed by atoms with Gasteiger partial charge in [-0.2, -0.15) is 17.0 Å². The van der Waals surface area contributed by atoms with E-state index in [1.165, 1.54) is 22.7 Å². The lowest BCUT2D eigenvalue weighted by Gasteiger charge is -2.32. The summed E-state index contributed by atoms with van der Waals surface area (Å²) in [5.74, 6) is 0.139. The van der Waals surface area contributed by atoms with Crippen molar-refractivity contribution in [2.24, 2.45) is 0 Å². The van der Waals surface area contributed by atoms with E-state index in [1.807, 2.05) is 6.92 Å². The fourth-order valence-electron chi connectivity index (χ4n) is 2.08. The van der Waals surface area contributed by atoms with E-state index in [-0.39, 0.29) is 11.8 Å². The van der Waals surface area contributed by atoms with E-state index in [1.54, 1.807) is 0 Å². The normalized spacial score (nSPS) is 19.6. The molecule has 1 saturated heterocycles. The Morgan fingerprint density at radius 3 is 2.15 bits per heavy atom. The van der Waals surface area contributed by atoms with Crippen LogP contribution in [0.1, 0.15) is 32.6 Å². The number of hydrogen-bond acceptors (Lipinski definition) is 4. The average Bonchev–Trinajstić information content (AvgIpc) is 2.36. The quantitative estimate of drug-likeness (QED) is 0.712. The molecule has 1 fully saturated rings. The summed E-state index contributed by atoms with van der Waals surface area (Å²) in [6.07, 6.45) is 2.50. The molecule has 1 heterocycles. The zero-order valence-corrected chi connectivity index (χ0v) is 14.0. The molecule has 0 saturated carbocycles. The van der Waals surface area contributed by atoms with Crippen molar-refractivity contribution in [3.05, 3.63) is 0 Å². The van der Waals surface area contributed by atoms with E-state index in [9.17, 15) is 16.8 Å². The molecule has 7 nitrogen and oxygen atoms in total. The Balaban J connectivity index is 2.51. The smallest absolute Gasteiger partial charge is 0.212 e. The van der Waals surface area contributed by atoms with Crippen LogP contribution in [-0.2, 0) is 20.2 Å². The third-order valence-corrected chi connectivity index (χ3v) is 6.81. The van der Waals surface area contributed by atoms with Gasteiger partial charge in [-0.05, 0) is 19.3 Å². The van der Waals surface area contributed by atoms with Crippen molar-refractivity contribution in [1.82, 2.24) is 13.3 Å². The number of unbranched alkanes of at least 4 members (excludes halogenated alkanes) is 1.